The van der Waals surface area contributed by atoms with Crippen molar-refractivity contribution < 1.29 is 23.1 Å². The van der Waals surface area contributed by atoms with Crippen LogP contribution in [0.1, 0.15) is 91.4 Å². The van der Waals surface area contributed by atoms with Crippen LogP contribution in [0, 0.1) is 6.33 Å². The zero-order valence-electron chi connectivity index (χ0n) is 51.6. The van der Waals surface area contributed by atoms with Crippen molar-refractivity contribution >= 4 is 21.8 Å². The van der Waals surface area contributed by atoms with Gasteiger partial charge in [0.05, 0.1) is 36.1 Å². The molecular formula is C66H59N5O. The Morgan fingerprint density at radius 2 is 1.14 bits per heavy atom. The Balaban J connectivity index is 1.14. The van der Waals surface area contributed by atoms with Gasteiger partial charge in [0.25, 0.3) is 6.33 Å². The minimum absolute atomic E-state index is 0.104. The smallest absolute Gasteiger partial charge is 0.273 e. The van der Waals surface area contributed by atoms with Gasteiger partial charge in [-0.1, -0.05) is 213 Å². The van der Waals surface area contributed by atoms with Crippen LogP contribution in [0.5, 0.6) is 11.5 Å². The maximum Gasteiger partial charge on any atom is 0.273 e. The van der Waals surface area contributed by atoms with Gasteiger partial charge in [0.15, 0.2) is 5.82 Å². The highest BCUT2D eigenvalue weighted by atomic mass is 16.5. The molecule has 0 saturated carbocycles. The molecule has 3 heterocycles. The molecule has 0 aliphatic carbocycles. The van der Waals surface area contributed by atoms with Gasteiger partial charge in [-0.25, -0.2) is 4.98 Å². The van der Waals surface area contributed by atoms with Gasteiger partial charge in [-0.2, -0.15) is 4.68 Å². The van der Waals surface area contributed by atoms with Crippen LogP contribution in [0.2, 0.25) is 0 Å². The number of para-hydroxylation sites is 1. The Hall–Kier alpha value is -8.35. The number of nitrogens with zero attached hydrogens (tertiary/aromatic N) is 5. The molecule has 0 saturated heterocycles. The number of ether oxygens (including phenoxy) is 1. The van der Waals surface area contributed by atoms with Crippen LogP contribution >= 0.6 is 0 Å². The first kappa shape index (κ1) is 35.7. The molecule has 3 aromatic heterocycles. The summed E-state index contributed by atoms with van der Waals surface area (Å²) in [4.78, 5) is 4.95. The average molecular weight is 948 g/mol. The molecule has 354 valence electrons. The highest BCUT2D eigenvalue weighted by Crippen LogP contribution is 2.42. The van der Waals surface area contributed by atoms with Gasteiger partial charge < -0.3 is 4.74 Å². The van der Waals surface area contributed by atoms with E-state index in [1.807, 2.05) is 79.0 Å². The SMILES string of the molecule is [2H]c1c([2H])c([2H])c(-c2cccc(-c3c([2H])c([2H])c([2H])c([2H])c3[2H])c2-c2n[n+](-c3cc(C(C)(C)C)cc(C(C)(C)C)c3)[c-]n2-c2cccc(Oc3ccc4c5ccccc5n(-c5cc(C(C)(C)c6ccccc6)ccn5)c4c3)c2)c([2H])c1[2H]. The average Bonchev–Trinajstić information content (AvgIpc) is 2.29. The largest absolute Gasteiger partial charge is 0.458 e. The Morgan fingerprint density at radius 3 is 1.81 bits per heavy atom. The number of hydrogen-bond donors (Lipinski definition) is 0. The molecule has 0 N–H and O–H groups in total. The molecule has 0 atom stereocenters. The van der Waals surface area contributed by atoms with E-state index in [-0.39, 0.29) is 49.9 Å². The molecule has 0 amide bonds. The number of aromatic nitrogens is 5. The topological polar surface area (TPSA) is 48.8 Å². The lowest BCUT2D eigenvalue weighted by atomic mass is 9.78. The summed E-state index contributed by atoms with van der Waals surface area (Å²) in [6.07, 6.45) is 5.35. The van der Waals surface area contributed by atoms with Crippen molar-refractivity contribution in [2.24, 2.45) is 0 Å². The molecule has 0 aliphatic rings. The maximum atomic E-state index is 9.26. The number of hydrogen-bond acceptors (Lipinski definition) is 3. The van der Waals surface area contributed by atoms with E-state index in [0.717, 1.165) is 44.3 Å². The first-order chi connectivity index (χ1) is 38.8. The van der Waals surface area contributed by atoms with Crippen molar-refractivity contribution in [3.05, 3.63) is 241 Å². The van der Waals surface area contributed by atoms with Crippen molar-refractivity contribution in [2.45, 2.75) is 71.6 Å². The van der Waals surface area contributed by atoms with E-state index in [1.165, 1.54) is 5.56 Å². The lowest BCUT2D eigenvalue weighted by Crippen LogP contribution is -2.34. The lowest BCUT2D eigenvalue weighted by Gasteiger charge is -2.26. The molecule has 0 spiro atoms. The fraction of sp³-hybridized carbons (Fsp3) is 0.167. The second kappa shape index (κ2) is 18.1. The predicted molar refractivity (Wildman–Crippen MR) is 295 cm³/mol. The third-order valence-corrected chi connectivity index (χ3v) is 13.5. The van der Waals surface area contributed by atoms with Gasteiger partial charge in [-0.05, 0) is 97.8 Å². The summed E-state index contributed by atoms with van der Waals surface area (Å²) in [6.45, 7) is 17.2. The molecule has 0 fully saturated rings. The third-order valence-electron chi connectivity index (χ3n) is 13.5. The monoisotopic (exact) mass is 948 g/mol. The Labute approximate surface area is 437 Å². The molecule has 8 aromatic carbocycles. The van der Waals surface area contributed by atoms with E-state index in [9.17, 15) is 5.48 Å². The van der Waals surface area contributed by atoms with E-state index in [0.29, 0.717) is 22.9 Å². The number of benzene rings is 8. The standard InChI is InChI=1S/C66H59N5O/c1-64(2,3)49-38-50(65(4,5)6)40-52(39-49)70-44-69(63(68-70)62-55(45-22-12-9-13-23-45)31-21-32-56(62)46-24-14-10-15-25-46)51-28-20-29-53(42-51)72-54-34-35-58-57-30-18-19-33-59(57)71(60(58)43-54)61-41-48(36-37-67-61)66(7,8)47-26-16-11-17-27-47/h9-43H,1-8H3/i9D,10D,12D,13D,14D,15D,22D,23D,24D,25D. The van der Waals surface area contributed by atoms with Gasteiger partial charge in [-0.15, -0.1) is 5.10 Å². The zero-order valence-corrected chi connectivity index (χ0v) is 41.6. The van der Waals surface area contributed by atoms with Crippen LogP contribution in [0.15, 0.2) is 212 Å². The molecule has 6 nitrogen and oxygen atoms in total. The molecule has 0 bridgehead atoms. The minimum Gasteiger partial charge on any atom is -0.458 e. The molecule has 6 heteroatoms. The summed E-state index contributed by atoms with van der Waals surface area (Å²) in [5.74, 6) is 1.82. The van der Waals surface area contributed by atoms with Crippen LogP contribution in [-0.4, -0.2) is 19.2 Å². The van der Waals surface area contributed by atoms with Crippen molar-refractivity contribution in [3.8, 4) is 62.3 Å². The van der Waals surface area contributed by atoms with Crippen molar-refractivity contribution in [1.82, 2.24) is 19.2 Å². The van der Waals surface area contributed by atoms with Crippen LogP contribution in [-0.2, 0) is 16.2 Å². The number of pyridine rings is 1. The van der Waals surface area contributed by atoms with E-state index in [4.69, 9.17) is 23.0 Å². The van der Waals surface area contributed by atoms with Gasteiger partial charge >= 0.3 is 0 Å². The number of fused-ring (bicyclic) bond motifs is 3. The first-order valence-corrected chi connectivity index (χ1v) is 24.1. The quantitative estimate of drug-likeness (QED) is 0.101. The van der Waals surface area contributed by atoms with Crippen LogP contribution < -0.4 is 9.42 Å². The summed E-state index contributed by atoms with van der Waals surface area (Å²) >= 11 is 0. The molecule has 0 radical (unpaired) electrons. The van der Waals surface area contributed by atoms with Crippen molar-refractivity contribution in [3.63, 3.8) is 0 Å². The Morgan fingerprint density at radius 1 is 0.528 bits per heavy atom. The molecule has 0 unspecified atom stereocenters. The van der Waals surface area contributed by atoms with Crippen molar-refractivity contribution in [1.29, 1.82) is 0 Å². The lowest BCUT2D eigenvalue weighted by molar-refractivity contribution is -0.660. The highest BCUT2D eigenvalue weighted by Gasteiger charge is 2.27. The Kier molecular flexibility index (Phi) is 8.98. The minimum atomic E-state index is -0.589. The van der Waals surface area contributed by atoms with Gasteiger partial charge in [0, 0.05) is 34.0 Å². The van der Waals surface area contributed by atoms with Gasteiger partial charge in [-0.3, -0.25) is 9.13 Å². The fourth-order valence-electron chi connectivity index (χ4n) is 9.37. The van der Waals surface area contributed by atoms with E-state index in [2.05, 4.69) is 121 Å². The highest BCUT2D eigenvalue weighted by molar-refractivity contribution is 6.09. The predicted octanol–water partition coefficient (Wildman–Crippen LogP) is 16.2. The number of rotatable bonds is 10. The van der Waals surface area contributed by atoms with Crippen molar-refractivity contribution in [2.75, 3.05) is 0 Å². The van der Waals surface area contributed by atoms with Crippen LogP contribution in [0.4, 0.5) is 0 Å². The zero-order chi connectivity index (χ0) is 58.5. The summed E-state index contributed by atoms with van der Waals surface area (Å²) < 4.78 is 101. The fourth-order valence-corrected chi connectivity index (χ4v) is 9.37. The summed E-state index contributed by atoms with van der Waals surface area (Å²) in [5.41, 5.74) is 6.36. The first-order valence-electron chi connectivity index (χ1n) is 29.1. The summed E-state index contributed by atoms with van der Waals surface area (Å²) in [5, 5.41) is 7.36. The summed E-state index contributed by atoms with van der Waals surface area (Å²) in [6, 6.07) is 41.6. The Bertz CT molecular complexity index is 4200. The second-order valence-corrected chi connectivity index (χ2v) is 20.7. The molecule has 11 rings (SSSR count). The maximum absolute atomic E-state index is 9.26. The normalized spacial score (nSPS) is 14.1. The van der Waals surface area contributed by atoms with Gasteiger partial charge in [0.1, 0.15) is 17.3 Å². The van der Waals surface area contributed by atoms with Crippen LogP contribution in [0.25, 0.3) is 72.6 Å². The summed E-state index contributed by atoms with van der Waals surface area (Å²) in [7, 11) is 0. The van der Waals surface area contributed by atoms with E-state index >= 15 is 0 Å². The van der Waals surface area contributed by atoms with E-state index in [1.54, 1.807) is 27.4 Å². The molecule has 0 aliphatic heterocycles. The molecule has 11 aromatic rings. The van der Waals surface area contributed by atoms with E-state index < -0.39 is 60.4 Å². The molecular weight excluding hydrogens is 879 g/mol. The molecule has 72 heavy (non-hydrogen) atoms. The third kappa shape index (κ3) is 8.68. The van der Waals surface area contributed by atoms with Gasteiger partial charge in [0.2, 0.25) is 0 Å². The second-order valence-electron chi connectivity index (χ2n) is 20.7. The van der Waals surface area contributed by atoms with Crippen LogP contribution in [0.3, 0.4) is 0 Å².